The summed E-state index contributed by atoms with van der Waals surface area (Å²) >= 11 is 3.24. The van der Waals surface area contributed by atoms with Crippen LogP contribution in [0.4, 0.5) is 5.69 Å². The number of hydrogen-bond acceptors (Lipinski definition) is 4. The highest BCUT2D eigenvalue weighted by Crippen LogP contribution is 2.27. The van der Waals surface area contributed by atoms with E-state index in [1.54, 1.807) is 12.3 Å². The lowest BCUT2D eigenvalue weighted by Crippen LogP contribution is -2.26. The van der Waals surface area contributed by atoms with E-state index in [4.69, 9.17) is 10.7 Å². The van der Waals surface area contributed by atoms with Crippen LogP contribution in [0.15, 0.2) is 22.9 Å². The molecule has 1 atom stereocenters. The van der Waals surface area contributed by atoms with Gasteiger partial charge in [0.1, 0.15) is 5.25 Å². The first-order chi connectivity index (χ1) is 7.88. The zero-order chi connectivity index (χ0) is 12.6. The fourth-order valence-corrected chi connectivity index (χ4v) is 3.04. The van der Waals surface area contributed by atoms with Gasteiger partial charge in [0.05, 0.1) is 11.9 Å². The lowest BCUT2D eigenvalue weighted by atomic mass is 10.4. The molecular formula is C9H8BrClN2O3S. The first-order valence-electron chi connectivity index (χ1n) is 4.72. The van der Waals surface area contributed by atoms with E-state index in [9.17, 15) is 13.2 Å². The summed E-state index contributed by atoms with van der Waals surface area (Å²) in [4.78, 5) is 17.0. The maximum Gasteiger partial charge on any atom is 0.237 e. The Morgan fingerprint density at radius 1 is 1.47 bits per heavy atom. The second kappa shape index (κ2) is 4.55. The van der Waals surface area contributed by atoms with E-state index in [1.165, 1.54) is 11.1 Å². The fraction of sp³-hybridized carbons (Fsp3) is 0.333. The summed E-state index contributed by atoms with van der Waals surface area (Å²) in [6.45, 7) is 0.0722. The summed E-state index contributed by atoms with van der Waals surface area (Å²) in [7, 11) is 1.55. The predicted octanol–water partition coefficient (Wildman–Crippen LogP) is 1.52. The van der Waals surface area contributed by atoms with E-state index in [-0.39, 0.29) is 18.9 Å². The van der Waals surface area contributed by atoms with Crippen LogP contribution in [-0.4, -0.2) is 31.1 Å². The summed E-state index contributed by atoms with van der Waals surface area (Å²) in [6.07, 6.45) is 3.00. The second-order valence-corrected chi connectivity index (χ2v) is 7.49. The Bertz CT molecular complexity index is 563. The van der Waals surface area contributed by atoms with Crippen molar-refractivity contribution in [3.05, 3.63) is 22.9 Å². The Balaban J connectivity index is 2.28. The molecule has 5 nitrogen and oxygen atoms in total. The summed E-state index contributed by atoms with van der Waals surface area (Å²) in [5, 5.41) is -0.851. The van der Waals surface area contributed by atoms with Crippen molar-refractivity contribution in [2.75, 3.05) is 11.4 Å². The van der Waals surface area contributed by atoms with E-state index < -0.39 is 14.3 Å². The van der Waals surface area contributed by atoms with Gasteiger partial charge in [-0.15, -0.1) is 0 Å². The van der Waals surface area contributed by atoms with Gasteiger partial charge < -0.3 is 4.90 Å². The van der Waals surface area contributed by atoms with E-state index in [0.717, 1.165) is 4.47 Å². The van der Waals surface area contributed by atoms with Gasteiger partial charge in [-0.2, -0.15) is 0 Å². The summed E-state index contributed by atoms with van der Waals surface area (Å²) in [6, 6.07) is 1.70. The molecule has 0 aromatic carbocycles. The van der Waals surface area contributed by atoms with Gasteiger partial charge >= 0.3 is 0 Å². The molecule has 1 amide bonds. The Morgan fingerprint density at radius 3 is 2.71 bits per heavy atom. The molecule has 0 bridgehead atoms. The molecular weight excluding hydrogens is 332 g/mol. The number of nitrogens with zero attached hydrogens (tertiary/aromatic N) is 2. The van der Waals surface area contributed by atoms with Gasteiger partial charge in [0.2, 0.25) is 15.0 Å². The highest BCUT2D eigenvalue weighted by atomic mass is 79.9. The first kappa shape index (κ1) is 12.8. The molecule has 0 saturated carbocycles. The van der Waals surface area contributed by atoms with Crippen molar-refractivity contribution in [2.45, 2.75) is 11.7 Å². The van der Waals surface area contributed by atoms with Gasteiger partial charge in [-0.1, -0.05) is 0 Å². The molecule has 1 saturated heterocycles. The van der Waals surface area contributed by atoms with Crippen LogP contribution in [-0.2, 0) is 13.8 Å². The topological polar surface area (TPSA) is 67.3 Å². The normalized spacial score (nSPS) is 20.9. The molecule has 1 unspecified atom stereocenters. The van der Waals surface area contributed by atoms with Crippen molar-refractivity contribution in [1.29, 1.82) is 0 Å². The number of amides is 1. The minimum absolute atomic E-state index is 0.0722. The predicted molar refractivity (Wildman–Crippen MR) is 67.5 cm³/mol. The quantitative estimate of drug-likeness (QED) is 0.766. The van der Waals surface area contributed by atoms with Crippen molar-refractivity contribution in [2.24, 2.45) is 0 Å². The van der Waals surface area contributed by atoms with E-state index >= 15 is 0 Å². The van der Waals surface area contributed by atoms with Crippen molar-refractivity contribution >= 4 is 47.3 Å². The van der Waals surface area contributed by atoms with Crippen LogP contribution in [0.25, 0.3) is 0 Å². The molecule has 1 aromatic rings. The van der Waals surface area contributed by atoms with Gasteiger partial charge in [0.15, 0.2) is 0 Å². The number of carbonyl (C=O) groups is 1. The number of pyridine rings is 1. The number of aromatic nitrogens is 1. The van der Waals surface area contributed by atoms with Crippen LogP contribution in [0.1, 0.15) is 6.42 Å². The Labute approximate surface area is 111 Å². The summed E-state index contributed by atoms with van der Waals surface area (Å²) < 4.78 is 23.1. The molecule has 1 aliphatic rings. The molecule has 2 rings (SSSR count). The molecule has 17 heavy (non-hydrogen) atoms. The van der Waals surface area contributed by atoms with E-state index in [2.05, 4.69) is 20.9 Å². The number of hydrogen-bond donors (Lipinski definition) is 0. The van der Waals surface area contributed by atoms with Crippen LogP contribution < -0.4 is 4.90 Å². The minimum Gasteiger partial charge on any atom is -0.309 e. The maximum absolute atomic E-state index is 11.7. The standard InChI is InChI=1S/C9H8BrClN2O3S/c10-6-1-7(4-12-3-6)13-5-8(2-9(13)14)17(11,15)16/h1,3-4,8H,2,5H2. The molecule has 1 aliphatic heterocycles. The third-order valence-corrected chi connectivity index (χ3v) is 4.79. The highest BCUT2D eigenvalue weighted by Gasteiger charge is 2.38. The van der Waals surface area contributed by atoms with E-state index in [0.29, 0.717) is 5.69 Å². The molecule has 0 radical (unpaired) electrons. The van der Waals surface area contributed by atoms with Crippen molar-refractivity contribution in [3.8, 4) is 0 Å². The lowest BCUT2D eigenvalue weighted by Gasteiger charge is -2.15. The van der Waals surface area contributed by atoms with Gasteiger partial charge in [-0.25, -0.2) is 8.42 Å². The maximum atomic E-state index is 11.7. The van der Waals surface area contributed by atoms with Gasteiger partial charge in [-0.05, 0) is 22.0 Å². The molecule has 8 heteroatoms. The smallest absolute Gasteiger partial charge is 0.237 e. The van der Waals surface area contributed by atoms with Gasteiger partial charge in [0, 0.05) is 34.3 Å². The number of carbonyl (C=O) groups excluding carboxylic acids is 1. The largest absolute Gasteiger partial charge is 0.309 e. The zero-order valence-corrected chi connectivity index (χ0v) is 11.7. The average Bonchev–Trinajstić information content (AvgIpc) is 2.60. The van der Waals surface area contributed by atoms with Crippen LogP contribution in [0, 0.1) is 0 Å². The first-order valence-corrected chi connectivity index (χ1v) is 7.89. The van der Waals surface area contributed by atoms with Crippen LogP contribution in [0.2, 0.25) is 0 Å². The van der Waals surface area contributed by atoms with Crippen molar-refractivity contribution in [1.82, 2.24) is 4.98 Å². The minimum atomic E-state index is -3.71. The number of anilines is 1. The molecule has 1 fully saturated rings. The Morgan fingerprint density at radius 2 is 2.18 bits per heavy atom. The average molecular weight is 340 g/mol. The second-order valence-electron chi connectivity index (χ2n) is 3.67. The summed E-state index contributed by atoms with van der Waals surface area (Å²) in [5.41, 5.74) is 0.562. The SMILES string of the molecule is O=C1CC(S(=O)(=O)Cl)CN1c1cncc(Br)c1. The Hall–Kier alpha value is -0.660. The van der Waals surface area contributed by atoms with Gasteiger partial charge in [-0.3, -0.25) is 9.78 Å². The number of halogens is 2. The summed E-state index contributed by atoms with van der Waals surface area (Å²) in [5.74, 6) is -0.265. The number of rotatable bonds is 2. The molecule has 0 aliphatic carbocycles. The molecule has 0 N–H and O–H groups in total. The third kappa shape index (κ3) is 2.78. The molecule has 0 spiro atoms. The highest BCUT2D eigenvalue weighted by molar-refractivity contribution is 9.10. The third-order valence-electron chi connectivity index (χ3n) is 2.49. The molecule has 1 aromatic heterocycles. The fourth-order valence-electron chi connectivity index (χ4n) is 1.66. The Kier molecular flexibility index (Phi) is 3.42. The van der Waals surface area contributed by atoms with Crippen LogP contribution in [0.3, 0.4) is 0 Å². The monoisotopic (exact) mass is 338 g/mol. The lowest BCUT2D eigenvalue weighted by molar-refractivity contribution is -0.117. The molecule has 92 valence electrons. The zero-order valence-electron chi connectivity index (χ0n) is 8.51. The van der Waals surface area contributed by atoms with Crippen LogP contribution in [0.5, 0.6) is 0 Å². The van der Waals surface area contributed by atoms with Crippen molar-refractivity contribution < 1.29 is 13.2 Å². The van der Waals surface area contributed by atoms with E-state index in [1.807, 2.05) is 0 Å². The van der Waals surface area contributed by atoms with Crippen molar-refractivity contribution in [3.63, 3.8) is 0 Å². The molecule has 2 heterocycles. The van der Waals surface area contributed by atoms with Gasteiger partial charge in [0.25, 0.3) is 0 Å². The van der Waals surface area contributed by atoms with Crippen LogP contribution >= 0.6 is 26.6 Å².